The Balaban J connectivity index is 0.00000220. The molecule has 0 aliphatic rings. The largest absolute Gasteiger partial charge is 0.261 e. The van der Waals surface area contributed by atoms with Crippen LogP contribution in [0.5, 0.6) is 0 Å². The Kier molecular flexibility index (Phi) is 6.86. The third-order valence-corrected chi connectivity index (χ3v) is 6.17. The van der Waals surface area contributed by atoms with Crippen LogP contribution >= 0.6 is 36.2 Å². The maximum absolute atomic E-state index is 11.2. The van der Waals surface area contributed by atoms with E-state index in [0.29, 0.717) is 8.58 Å². The number of hydrogen-bond donors (Lipinski definition) is 0. The van der Waals surface area contributed by atoms with Crippen molar-refractivity contribution in [2.24, 2.45) is 0 Å². The van der Waals surface area contributed by atoms with Crippen molar-refractivity contribution >= 4 is 50.6 Å². The Labute approximate surface area is 142 Å². The van der Waals surface area contributed by atoms with E-state index in [4.69, 9.17) is 10.7 Å². The average molecular weight is 408 g/mol. The van der Waals surface area contributed by atoms with E-state index in [2.05, 4.69) is 32.0 Å². The molecule has 0 heterocycles. The summed E-state index contributed by atoms with van der Waals surface area (Å²) in [4.78, 5) is 0.151. The average Bonchev–Trinajstić information content (AvgIpc) is 2.40. The molecule has 0 N–H and O–H groups in total. The molecule has 2 aromatic carbocycles. The normalized spacial score (nSPS) is 11.6. The Hall–Kier alpha value is -0.410. The monoisotopic (exact) mass is 406 g/mol. The maximum Gasteiger partial charge on any atom is 0.261 e. The highest BCUT2D eigenvalue weighted by atomic mass is 79.9. The molecule has 6 heteroatoms. The van der Waals surface area contributed by atoms with Crippen molar-refractivity contribution in [3.63, 3.8) is 0 Å². The minimum atomic E-state index is -3.62. The van der Waals surface area contributed by atoms with Crippen molar-refractivity contribution in [2.45, 2.75) is 24.9 Å². The fourth-order valence-corrected chi connectivity index (χ4v) is 3.99. The van der Waals surface area contributed by atoms with Crippen molar-refractivity contribution < 1.29 is 8.42 Å². The van der Waals surface area contributed by atoms with Crippen LogP contribution in [0.4, 0.5) is 0 Å². The molecule has 0 amide bonds. The van der Waals surface area contributed by atoms with Crippen molar-refractivity contribution in [3.05, 3.63) is 59.2 Å². The summed E-state index contributed by atoms with van der Waals surface area (Å²) in [6.45, 7) is 4.25. The van der Waals surface area contributed by atoms with Crippen molar-refractivity contribution in [3.8, 4) is 0 Å². The lowest BCUT2D eigenvalue weighted by Gasteiger charge is -2.09. The smallest absolute Gasteiger partial charge is 0.207 e. The molecule has 0 bridgehead atoms. The Morgan fingerprint density at radius 2 is 1.67 bits per heavy atom. The molecular formula is C15H17BrClO2PS. The van der Waals surface area contributed by atoms with E-state index in [-0.39, 0.29) is 21.9 Å². The van der Waals surface area contributed by atoms with Gasteiger partial charge in [0.25, 0.3) is 9.05 Å². The van der Waals surface area contributed by atoms with Crippen molar-refractivity contribution in [1.82, 2.24) is 0 Å². The molecule has 114 valence electrons. The van der Waals surface area contributed by atoms with Crippen LogP contribution in [0.3, 0.4) is 0 Å². The molecule has 0 spiro atoms. The summed E-state index contributed by atoms with van der Waals surface area (Å²) in [6.07, 6.45) is 0.910. The van der Waals surface area contributed by atoms with Gasteiger partial charge in [0.2, 0.25) is 0 Å². The lowest BCUT2D eigenvalue weighted by molar-refractivity contribution is 0.609. The Morgan fingerprint density at radius 1 is 1.05 bits per heavy atom. The first-order chi connectivity index (χ1) is 9.38. The first kappa shape index (κ1) is 18.6. The van der Waals surface area contributed by atoms with Gasteiger partial charge in [0.05, 0.1) is 4.90 Å². The first-order valence-corrected chi connectivity index (χ1v) is 9.73. The zero-order valence-electron chi connectivity index (χ0n) is 11.8. The van der Waals surface area contributed by atoms with E-state index < -0.39 is 9.05 Å². The molecule has 1 unspecified atom stereocenters. The molecule has 0 saturated carbocycles. The fourth-order valence-electron chi connectivity index (χ4n) is 1.91. The van der Waals surface area contributed by atoms with Gasteiger partial charge in [-0.25, -0.2) is 8.42 Å². The molecular weight excluding hydrogens is 391 g/mol. The summed E-state index contributed by atoms with van der Waals surface area (Å²) in [5.74, 6) is 0. The van der Waals surface area contributed by atoms with E-state index >= 15 is 0 Å². The number of aryl methyl sites for hydroxylation is 1. The van der Waals surface area contributed by atoms with Crippen LogP contribution in [0.25, 0.3) is 0 Å². The van der Waals surface area contributed by atoms with Gasteiger partial charge < -0.3 is 0 Å². The second-order valence-corrected chi connectivity index (χ2v) is 8.49. The van der Waals surface area contributed by atoms with Crippen molar-refractivity contribution in [2.75, 3.05) is 0 Å². The quantitative estimate of drug-likeness (QED) is 0.559. The van der Waals surface area contributed by atoms with Gasteiger partial charge in [0.1, 0.15) is 0 Å². The van der Waals surface area contributed by atoms with Crippen LogP contribution in [0.2, 0.25) is 0 Å². The molecule has 2 aromatic rings. The van der Waals surface area contributed by atoms with E-state index in [9.17, 15) is 8.42 Å². The topological polar surface area (TPSA) is 34.1 Å². The van der Waals surface area contributed by atoms with Gasteiger partial charge in [-0.05, 0) is 54.1 Å². The van der Waals surface area contributed by atoms with E-state index in [1.807, 2.05) is 12.1 Å². The van der Waals surface area contributed by atoms with Crippen LogP contribution < -0.4 is 5.30 Å². The van der Waals surface area contributed by atoms with Gasteiger partial charge in [-0.3, -0.25) is 0 Å². The van der Waals surface area contributed by atoms with Gasteiger partial charge in [-0.1, -0.05) is 38.9 Å². The van der Waals surface area contributed by atoms with E-state index in [1.165, 1.54) is 16.4 Å². The van der Waals surface area contributed by atoms with Crippen LogP contribution in [0.15, 0.2) is 47.4 Å². The summed E-state index contributed by atoms with van der Waals surface area (Å²) in [5.41, 5.74) is 3.76. The zero-order valence-corrected chi connectivity index (χ0v) is 16.0. The fraction of sp³-hybridized carbons (Fsp3) is 0.200. The Morgan fingerprint density at radius 3 is 2.24 bits per heavy atom. The summed E-state index contributed by atoms with van der Waals surface area (Å²) in [6, 6.07) is 13.1. The Bertz CT molecular complexity index is 715. The minimum absolute atomic E-state index is 0. The van der Waals surface area contributed by atoms with Gasteiger partial charge in [-0.15, -0.1) is 17.0 Å². The summed E-state index contributed by atoms with van der Waals surface area (Å²) < 4.78 is 22.3. The molecule has 2 rings (SSSR count). The number of rotatable bonds is 4. The summed E-state index contributed by atoms with van der Waals surface area (Å²) in [5, 5.41) is 1.36. The van der Waals surface area contributed by atoms with Gasteiger partial charge in [0.15, 0.2) is 0 Å². The van der Waals surface area contributed by atoms with Crippen LogP contribution in [0.1, 0.15) is 16.7 Å². The van der Waals surface area contributed by atoms with E-state index in [0.717, 1.165) is 11.7 Å². The van der Waals surface area contributed by atoms with Crippen LogP contribution in [0, 0.1) is 13.8 Å². The molecule has 0 aliphatic heterocycles. The second-order valence-electron chi connectivity index (χ2n) is 4.68. The third kappa shape index (κ3) is 5.07. The van der Waals surface area contributed by atoms with E-state index in [1.54, 1.807) is 12.1 Å². The lowest BCUT2D eigenvalue weighted by Crippen LogP contribution is -2.02. The number of benzene rings is 2. The first-order valence-electron chi connectivity index (χ1n) is 6.21. The summed E-state index contributed by atoms with van der Waals surface area (Å²) in [7, 11) is 2.35. The molecule has 0 aliphatic carbocycles. The third-order valence-electron chi connectivity index (χ3n) is 3.29. The SMILES string of the molecule is Br.Cc1cccc(PCc2ccc(S(=O)(=O)Cl)cc2)c1C. The van der Waals surface area contributed by atoms with Gasteiger partial charge in [-0.2, -0.15) is 0 Å². The lowest BCUT2D eigenvalue weighted by atomic mass is 10.1. The van der Waals surface area contributed by atoms with Crippen LogP contribution in [-0.2, 0) is 15.2 Å². The summed E-state index contributed by atoms with van der Waals surface area (Å²) >= 11 is 0. The molecule has 0 radical (unpaired) electrons. The predicted octanol–water partition coefficient (Wildman–Crippen LogP) is 4.31. The molecule has 0 fully saturated rings. The standard InChI is InChI=1S/C15H16ClO2PS.BrH/c1-11-4-3-5-15(12(11)2)19-10-13-6-8-14(9-7-13)20(16,17)18;/h3-9,19H,10H2,1-2H3;1H. The van der Waals surface area contributed by atoms with Crippen molar-refractivity contribution in [1.29, 1.82) is 0 Å². The molecule has 0 saturated heterocycles. The second kappa shape index (κ2) is 7.73. The highest BCUT2D eigenvalue weighted by Gasteiger charge is 2.09. The molecule has 2 nitrogen and oxygen atoms in total. The number of hydrogen-bond acceptors (Lipinski definition) is 2. The molecule has 0 aromatic heterocycles. The molecule has 21 heavy (non-hydrogen) atoms. The minimum Gasteiger partial charge on any atom is -0.207 e. The molecule has 1 atom stereocenters. The zero-order chi connectivity index (χ0) is 14.8. The highest BCUT2D eigenvalue weighted by molar-refractivity contribution is 8.93. The number of halogens is 2. The van der Waals surface area contributed by atoms with Gasteiger partial charge in [0, 0.05) is 10.7 Å². The van der Waals surface area contributed by atoms with Crippen LogP contribution in [-0.4, -0.2) is 8.42 Å². The maximum atomic E-state index is 11.2. The van der Waals surface area contributed by atoms with Gasteiger partial charge >= 0.3 is 0 Å². The predicted molar refractivity (Wildman–Crippen MR) is 97.4 cm³/mol. The highest BCUT2D eigenvalue weighted by Crippen LogP contribution is 2.23.